The second-order valence-electron chi connectivity index (χ2n) is 12.2. The fourth-order valence-corrected chi connectivity index (χ4v) is 4.72. The highest BCUT2D eigenvalue weighted by molar-refractivity contribution is 6.07. The number of carbonyl (C=O) groups excluding carboxylic acids is 2. The lowest BCUT2D eigenvalue weighted by atomic mass is 10.0. The SMILES string of the molecule is C/C(=N\N=C(N)N)c1cc(NC(=O)CCCCCCCCC(=O)Nc2cc(/C(C)=N/N=C(N)N)cc(/C(C)=N/N=C(N)N)c2)cc(/C(C)=N/N=C(N)N)c1.Cl.Cl.O.O.O.O. The molecule has 2 rings (SSSR count). The molecule has 26 heteroatoms. The van der Waals surface area contributed by atoms with Crippen molar-refractivity contribution < 1.29 is 31.5 Å². The van der Waals surface area contributed by atoms with E-state index in [9.17, 15) is 9.59 Å². The molecule has 0 heterocycles. The van der Waals surface area contributed by atoms with Gasteiger partial charge in [0.25, 0.3) is 0 Å². The van der Waals surface area contributed by atoms with Crippen LogP contribution in [-0.4, -0.2) is 80.4 Å². The van der Waals surface area contributed by atoms with E-state index in [0.717, 1.165) is 25.7 Å². The lowest BCUT2D eigenvalue weighted by Crippen LogP contribution is -2.22. The van der Waals surface area contributed by atoms with Crippen LogP contribution in [0.3, 0.4) is 0 Å². The molecule has 2 aromatic rings. The molecular formula is C34H62Cl2N18O6. The Morgan fingerprint density at radius 1 is 0.400 bits per heavy atom. The Labute approximate surface area is 360 Å². The summed E-state index contributed by atoms with van der Waals surface area (Å²) < 4.78 is 0. The molecule has 0 saturated heterocycles. The number of benzene rings is 2. The molecule has 0 aliphatic carbocycles. The van der Waals surface area contributed by atoms with Crippen molar-refractivity contribution >= 4 is 94.7 Å². The number of nitrogens with two attached hydrogens (primary N) is 8. The minimum absolute atomic E-state index is 0. The number of carbonyl (C=O) groups is 2. The van der Waals surface area contributed by atoms with Crippen LogP contribution in [0.1, 0.15) is 101 Å². The summed E-state index contributed by atoms with van der Waals surface area (Å²) in [4.78, 5) is 25.7. The number of hydrogen-bond donors (Lipinski definition) is 10. The van der Waals surface area contributed by atoms with Crippen LogP contribution >= 0.6 is 24.8 Å². The van der Waals surface area contributed by atoms with Crippen molar-refractivity contribution in [2.75, 3.05) is 10.6 Å². The molecule has 0 aliphatic rings. The van der Waals surface area contributed by atoms with Gasteiger partial charge in [-0.05, 0) is 76.9 Å². The summed E-state index contributed by atoms with van der Waals surface area (Å²) >= 11 is 0. The minimum atomic E-state index is -0.185. The molecule has 60 heavy (non-hydrogen) atoms. The molecule has 26 N–H and O–H groups in total. The van der Waals surface area contributed by atoms with E-state index in [1.54, 1.807) is 64.1 Å². The van der Waals surface area contributed by atoms with Gasteiger partial charge in [0.15, 0.2) is 0 Å². The maximum Gasteiger partial charge on any atom is 0.224 e. The highest BCUT2D eigenvalue weighted by Crippen LogP contribution is 2.20. The number of hydrogen-bond acceptors (Lipinski definition) is 10. The number of rotatable bonds is 19. The standard InChI is InChI=1S/C34H52N18O2.2ClH.4H2O/c1-19(45-49-31(35)36)23-13-24(20(2)46-50-32(37)38)16-27(15-23)43-29(53)11-9-7-5-6-8-10-12-30(54)44-28-17-25(21(3)47-51-33(39)40)14-26(18-28)22(4)48-52-34(41)42;;;;;;/h13-18H,5-12H2,1-4H3,(H,43,53)(H,44,54)(H4,35,36,49)(H4,37,38,50)(H4,39,40,51)(H4,41,42,52);2*1H;4*1H2/b45-19+,46-20+,47-21+,48-22+;;;;;;. The van der Waals surface area contributed by atoms with E-state index in [1.165, 1.54) is 0 Å². The zero-order chi connectivity index (χ0) is 40.2. The Morgan fingerprint density at radius 3 is 0.833 bits per heavy atom. The van der Waals surface area contributed by atoms with E-state index in [1.807, 2.05) is 0 Å². The van der Waals surface area contributed by atoms with Crippen molar-refractivity contribution in [2.24, 2.45) is 86.7 Å². The number of anilines is 2. The third kappa shape index (κ3) is 25.0. The van der Waals surface area contributed by atoms with E-state index in [2.05, 4.69) is 51.4 Å². The van der Waals surface area contributed by atoms with E-state index in [4.69, 9.17) is 45.9 Å². The summed E-state index contributed by atoms with van der Waals surface area (Å²) in [6.45, 7) is 6.92. The number of nitrogens with zero attached hydrogens (tertiary/aromatic N) is 8. The molecule has 0 bridgehead atoms. The van der Waals surface area contributed by atoms with Crippen LogP contribution in [0.5, 0.6) is 0 Å². The van der Waals surface area contributed by atoms with Gasteiger partial charge in [-0.2, -0.15) is 20.4 Å². The summed E-state index contributed by atoms with van der Waals surface area (Å²) in [6, 6.07) is 10.7. The predicted molar refractivity (Wildman–Crippen MR) is 248 cm³/mol. The molecule has 24 nitrogen and oxygen atoms in total. The van der Waals surface area contributed by atoms with Crippen molar-refractivity contribution in [3.05, 3.63) is 58.7 Å². The van der Waals surface area contributed by atoms with Crippen molar-refractivity contribution in [3.8, 4) is 0 Å². The monoisotopic (exact) mass is 888 g/mol. The topological polar surface area (TPSA) is 491 Å². The van der Waals surface area contributed by atoms with Gasteiger partial charge in [-0.25, -0.2) is 0 Å². The zero-order valence-corrected chi connectivity index (χ0v) is 35.6. The Hall–Kier alpha value is -6.44. The lowest BCUT2D eigenvalue weighted by molar-refractivity contribution is -0.117. The molecule has 0 aromatic heterocycles. The quantitative estimate of drug-likeness (QED) is 0.0352. The first-order valence-electron chi connectivity index (χ1n) is 17.0. The van der Waals surface area contributed by atoms with Crippen LogP contribution in [0.25, 0.3) is 0 Å². The Kier molecular flexibility index (Phi) is 34.0. The van der Waals surface area contributed by atoms with E-state index in [0.29, 0.717) is 82.2 Å². The predicted octanol–water partition coefficient (Wildman–Crippen LogP) is -1.08. The normalized spacial score (nSPS) is 10.8. The Morgan fingerprint density at radius 2 is 0.617 bits per heavy atom. The van der Waals surface area contributed by atoms with Gasteiger partial charge in [0.2, 0.25) is 35.7 Å². The highest BCUT2D eigenvalue weighted by Gasteiger charge is 2.12. The van der Waals surface area contributed by atoms with Crippen molar-refractivity contribution in [1.82, 2.24) is 0 Å². The average Bonchev–Trinajstić information content (AvgIpc) is 3.11. The van der Waals surface area contributed by atoms with Crippen molar-refractivity contribution in [2.45, 2.75) is 79.1 Å². The maximum absolute atomic E-state index is 12.8. The zero-order valence-electron chi connectivity index (χ0n) is 34.0. The first-order chi connectivity index (χ1) is 25.5. The van der Waals surface area contributed by atoms with Crippen LogP contribution in [0.15, 0.2) is 77.2 Å². The van der Waals surface area contributed by atoms with Crippen LogP contribution < -0.4 is 56.5 Å². The molecule has 0 saturated carbocycles. The molecule has 0 unspecified atom stereocenters. The van der Waals surface area contributed by atoms with E-state index < -0.39 is 0 Å². The summed E-state index contributed by atoms with van der Waals surface area (Å²) in [5.74, 6) is -1.03. The van der Waals surface area contributed by atoms with Crippen molar-refractivity contribution in [3.63, 3.8) is 0 Å². The molecule has 0 fully saturated rings. The average molecular weight is 890 g/mol. The first kappa shape index (κ1) is 62.7. The second kappa shape index (κ2) is 32.5. The summed E-state index contributed by atoms with van der Waals surface area (Å²) in [6.07, 6.45) is 5.62. The number of nitrogens with one attached hydrogen (secondary N) is 2. The summed E-state index contributed by atoms with van der Waals surface area (Å²) in [7, 11) is 0. The van der Waals surface area contributed by atoms with Crippen LogP contribution in [-0.2, 0) is 9.59 Å². The second-order valence-corrected chi connectivity index (χ2v) is 12.2. The molecule has 338 valence electrons. The summed E-state index contributed by atoms with van der Waals surface area (Å²) in [5, 5.41) is 36.8. The van der Waals surface area contributed by atoms with Crippen LogP contribution in [0.4, 0.5) is 11.4 Å². The third-order valence-corrected chi connectivity index (χ3v) is 7.42. The number of unbranched alkanes of at least 4 members (excludes halogenated alkanes) is 5. The number of halogens is 2. The molecular weight excluding hydrogens is 827 g/mol. The third-order valence-electron chi connectivity index (χ3n) is 7.42. The van der Waals surface area contributed by atoms with Crippen LogP contribution in [0, 0.1) is 0 Å². The lowest BCUT2D eigenvalue weighted by Gasteiger charge is -2.11. The Bertz CT molecular complexity index is 1660. The van der Waals surface area contributed by atoms with E-state index in [-0.39, 0.29) is 82.4 Å². The van der Waals surface area contributed by atoms with Crippen molar-refractivity contribution in [1.29, 1.82) is 0 Å². The summed E-state index contributed by atoms with van der Waals surface area (Å²) in [5.41, 5.74) is 49.0. The largest absolute Gasteiger partial charge is 0.412 e. The minimum Gasteiger partial charge on any atom is -0.412 e. The van der Waals surface area contributed by atoms with Gasteiger partial charge in [0, 0.05) is 46.5 Å². The fraction of sp³-hybridized carbons (Fsp3) is 0.353. The van der Waals surface area contributed by atoms with Gasteiger partial charge >= 0.3 is 0 Å². The molecule has 0 radical (unpaired) electrons. The first-order valence-corrected chi connectivity index (χ1v) is 17.0. The van der Waals surface area contributed by atoms with Gasteiger partial charge in [-0.1, -0.05) is 25.7 Å². The highest BCUT2D eigenvalue weighted by atomic mass is 35.5. The smallest absolute Gasteiger partial charge is 0.224 e. The fourth-order valence-electron chi connectivity index (χ4n) is 4.72. The van der Waals surface area contributed by atoms with Gasteiger partial charge in [-0.3, -0.25) is 9.59 Å². The molecule has 0 atom stereocenters. The molecule has 2 aromatic carbocycles. The number of guanidine groups is 4. The van der Waals surface area contributed by atoms with Gasteiger partial charge in [-0.15, -0.1) is 45.2 Å². The van der Waals surface area contributed by atoms with Gasteiger partial charge in [0.05, 0.1) is 22.8 Å². The number of amides is 2. The van der Waals surface area contributed by atoms with Gasteiger partial charge in [0.1, 0.15) is 0 Å². The maximum atomic E-state index is 12.8. The molecule has 2 amide bonds. The van der Waals surface area contributed by atoms with E-state index >= 15 is 0 Å². The van der Waals surface area contributed by atoms with Gasteiger partial charge < -0.3 is 78.4 Å². The Balaban J connectivity index is -0.00000168. The van der Waals surface area contributed by atoms with Crippen LogP contribution in [0.2, 0.25) is 0 Å². The molecule has 0 spiro atoms. The molecule has 0 aliphatic heterocycles.